The lowest BCUT2D eigenvalue weighted by atomic mass is 9.92. The second-order valence-electron chi connectivity index (χ2n) is 6.94. The Morgan fingerprint density at radius 3 is 2.70 bits per heavy atom. The molecule has 1 aliphatic carbocycles. The summed E-state index contributed by atoms with van der Waals surface area (Å²) in [7, 11) is -3.42. The fourth-order valence-electron chi connectivity index (χ4n) is 3.75. The second kappa shape index (κ2) is 5.85. The molecule has 0 aliphatic heterocycles. The minimum Gasteiger partial charge on any atom is -0.436 e. The van der Waals surface area contributed by atoms with Gasteiger partial charge in [-0.05, 0) is 55.0 Å². The third-order valence-corrected chi connectivity index (χ3v) is 6.04. The minimum atomic E-state index is -3.42. The van der Waals surface area contributed by atoms with E-state index < -0.39 is 9.84 Å². The lowest BCUT2D eigenvalue weighted by Crippen LogP contribution is -2.13. The van der Waals surface area contributed by atoms with Gasteiger partial charge in [-0.15, -0.1) is 0 Å². The Kier molecular flexibility index (Phi) is 3.55. The number of aromatic nitrogens is 3. The van der Waals surface area contributed by atoms with Gasteiger partial charge in [0, 0.05) is 11.6 Å². The highest BCUT2D eigenvalue weighted by Gasteiger charge is 2.23. The van der Waals surface area contributed by atoms with E-state index in [1.54, 1.807) is 6.20 Å². The number of furan rings is 1. The molecule has 0 fully saturated rings. The van der Waals surface area contributed by atoms with Gasteiger partial charge in [-0.3, -0.25) is 0 Å². The van der Waals surface area contributed by atoms with Crippen molar-refractivity contribution in [2.75, 3.05) is 6.26 Å². The lowest BCUT2D eigenvalue weighted by molar-refractivity contribution is 0.591. The molecule has 0 saturated heterocycles. The molecule has 6 nitrogen and oxygen atoms in total. The highest BCUT2D eigenvalue weighted by Crippen LogP contribution is 2.31. The quantitative estimate of drug-likeness (QED) is 0.528. The number of aryl methyl sites for hydroxylation is 1. The largest absolute Gasteiger partial charge is 0.436 e. The summed E-state index contributed by atoms with van der Waals surface area (Å²) in [5.74, 6) is 0. The van der Waals surface area contributed by atoms with E-state index in [0.29, 0.717) is 22.6 Å². The van der Waals surface area contributed by atoms with E-state index in [1.165, 1.54) is 6.26 Å². The zero-order valence-electron chi connectivity index (χ0n) is 14.8. The number of sulfone groups is 1. The molecule has 136 valence electrons. The summed E-state index contributed by atoms with van der Waals surface area (Å²) in [6, 6.07) is 9.58. The molecule has 0 amide bonds. The van der Waals surface area contributed by atoms with Gasteiger partial charge in [0.2, 0.25) is 5.71 Å². The molecular weight excluding hydrogens is 362 g/mol. The molecule has 1 aromatic carbocycles. The van der Waals surface area contributed by atoms with E-state index in [1.807, 2.05) is 30.3 Å². The fourth-order valence-corrected chi connectivity index (χ4v) is 4.70. The maximum atomic E-state index is 12.3. The van der Waals surface area contributed by atoms with Crippen LogP contribution in [0.2, 0.25) is 0 Å². The third kappa shape index (κ3) is 2.70. The molecule has 3 aromatic heterocycles. The first-order valence-electron chi connectivity index (χ1n) is 8.88. The Hall–Kier alpha value is -2.80. The first kappa shape index (κ1) is 16.4. The molecule has 27 heavy (non-hydrogen) atoms. The number of para-hydroxylation sites is 1. The zero-order chi connectivity index (χ0) is 18.6. The SMILES string of the molecule is CS(=O)(=O)c1nc(-c2cnc3c(n2)oc2ccccc23)cc2c1CCCC2. The molecule has 0 saturated carbocycles. The summed E-state index contributed by atoms with van der Waals surface area (Å²) < 4.78 is 30.4. The molecule has 5 rings (SSSR count). The van der Waals surface area contributed by atoms with Crippen LogP contribution in [-0.2, 0) is 22.7 Å². The summed E-state index contributed by atoms with van der Waals surface area (Å²) in [5, 5.41) is 1.07. The van der Waals surface area contributed by atoms with Crippen molar-refractivity contribution in [2.24, 2.45) is 0 Å². The molecule has 0 radical (unpaired) electrons. The molecule has 1 aliphatic rings. The number of hydrogen-bond acceptors (Lipinski definition) is 6. The van der Waals surface area contributed by atoms with E-state index in [0.717, 1.165) is 47.8 Å². The molecular formula is C20H17N3O3S. The first-order valence-corrected chi connectivity index (χ1v) is 10.8. The Labute approximate surface area is 156 Å². The van der Waals surface area contributed by atoms with E-state index in [4.69, 9.17) is 4.42 Å². The van der Waals surface area contributed by atoms with Crippen LogP contribution in [0.4, 0.5) is 0 Å². The van der Waals surface area contributed by atoms with Gasteiger partial charge in [0.15, 0.2) is 14.9 Å². The van der Waals surface area contributed by atoms with Crippen LogP contribution in [0.5, 0.6) is 0 Å². The predicted octanol–water partition coefficient (Wildman–Crippen LogP) is 3.72. The highest BCUT2D eigenvalue weighted by molar-refractivity contribution is 7.90. The number of fused-ring (bicyclic) bond motifs is 4. The molecule has 3 heterocycles. The molecule has 7 heteroatoms. The summed E-state index contributed by atoms with van der Waals surface area (Å²) in [6.07, 6.45) is 6.48. The Balaban J connectivity index is 1.73. The molecule has 0 unspecified atom stereocenters. The normalized spacial score (nSPS) is 14.6. The van der Waals surface area contributed by atoms with Crippen LogP contribution in [0.15, 0.2) is 46.0 Å². The van der Waals surface area contributed by atoms with Crippen molar-refractivity contribution in [3.05, 3.63) is 47.7 Å². The number of nitrogens with zero attached hydrogens (tertiary/aromatic N) is 3. The number of pyridine rings is 1. The van der Waals surface area contributed by atoms with Crippen LogP contribution < -0.4 is 0 Å². The van der Waals surface area contributed by atoms with E-state index in [-0.39, 0.29) is 5.03 Å². The highest BCUT2D eigenvalue weighted by atomic mass is 32.2. The van der Waals surface area contributed by atoms with Gasteiger partial charge in [-0.25, -0.2) is 23.4 Å². The van der Waals surface area contributed by atoms with Crippen LogP contribution in [0.1, 0.15) is 24.0 Å². The van der Waals surface area contributed by atoms with Crippen LogP contribution in [0.3, 0.4) is 0 Å². The molecule has 0 N–H and O–H groups in total. The predicted molar refractivity (Wildman–Crippen MR) is 102 cm³/mol. The second-order valence-corrected chi connectivity index (χ2v) is 8.87. The molecule has 4 aromatic rings. The first-order chi connectivity index (χ1) is 13.0. The summed E-state index contributed by atoms with van der Waals surface area (Å²) in [5.41, 5.74) is 4.76. The van der Waals surface area contributed by atoms with Crippen molar-refractivity contribution >= 4 is 32.0 Å². The van der Waals surface area contributed by atoms with Crippen molar-refractivity contribution in [3.8, 4) is 11.4 Å². The van der Waals surface area contributed by atoms with Crippen molar-refractivity contribution in [1.29, 1.82) is 0 Å². The topological polar surface area (TPSA) is 86.0 Å². The smallest absolute Gasteiger partial charge is 0.246 e. The maximum absolute atomic E-state index is 12.3. The fraction of sp³-hybridized carbons (Fsp3) is 0.250. The van der Waals surface area contributed by atoms with Gasteiger partial charge in [0.25, 0.3) is 0 Å². The van der Waals surface area contributed by atoms with Gasteiger partial charge in [0.1, 0.15) is 16.8 Å². The Morgan fingerprint density at radius 1 is 1.04 bits per heavy atom. The average Bonchev–Trinajstić information content (AvgIpc) is 3.04. The van der Waals surface area contributed by atoms with Crippen LogP contribution in [-0.4, -0.2) is 29.6 Å². The van der Waals surface area contributed by atoms with Crippen molar-refractivity contribution in [2.45, 2.75) is 30.7 Å². The molecule has 0 spiro atoms. The van der Waals surface area contributed by atoms with Gasteiger partial charge < -0.3 is 4.42 Å². The molecule has 0 atom stereocenters. The van der Waals surface area contributed by atoms with Gasteiger partial charge in [-0.1, -0.05) is 12.1 Å². The van der Waals surface area contributed by atoms with E-state index in [9.17, 15) is 8.42 Å². The number of hydrogen-bond donors (Lipinski definition) is 0. The van der Waals surface area contributed by atoms with Gasteiger partial charge in [0.05, 0.1) is 11.9 Å². The van der Waals surface area contributed by atoms with Crippen molar-refractivity contribution < 1.29 is 12.8 Å². The minimum absolute atomic E-state index is 0.168. The van der Waals surface area contributed by atoms with Crippen molar-refractivity contribution in [3.63, 3.8) is 0 Å². The zero-order valence-corrected chi connectivity index (χ0v) is 15.6. The van der Waals surface area contributed by atoms with Crippen LogP contribution in [0.25, 0.3) is 33.6 Å². The number of benzene rings is 1. The lowest BCUT2D eigenvalue weighted by Gasteiger charge is -2.19. The van der Waals surface area contributed by atoms with E-state index in [2.05, 4.69) is 15.0 Å². The maximum Gasteiger partial charge on any atom is 0.246 e. The van der Waals surface area contributed by atoms with Crippen molar-refractivity contribution in [1.82, 2.24) is 15.0 Å². The standard InChI is InChI=1S/C20H17N3O3S/c1-27(24,25)20-13-7-3-2-6-12(13)10-15(23-20)16-11-21-18-14-8-4-5-9-17(14)26-19(18)22-16/h4-5,8-11H,2-3,6-7H2,1H3. The monoisotopic (exact) mass is 379 g/mol. The van der Waals surface area contributed by atoms with Gasteiger partial charge in [-0.2, -0.15) is 0 Å². The van der Waals surface area contributed by atoms with Crippen LogP contribution in [0, 0.1) is 0 Å². The van der Waals surface area contributed by atoms with Crippen LogP contribution >= 0.6 is 0 Å². The molecule has 0 bridgehead atoms. The number of rotatable bonds is 2. The average molecular weight is 379 g/mol. The van der Waals surface area contributed by atoms with Gasteiger partial charge >= 0.3 is 0 Å². The Bertz CT molecular complexity index is 1310. The summed E-state index contributed by atoms with van der Waals surface area (Å²) in [4.78, 5) is 13.5. The summed E-state index contributed by atoms with van der Waals surface area (Å²) in [6.45, 7) is 0. The third-order valence-electron chi connectivity index (χ3n) is 5.00. The summed E-state index contributed by atoms with van der Waals surface area (Å²) >= 11 is 0. The Morgan fingerprint density at radius 2 is 1.85 bits per heavy atom. The van der Waals surface area contributed by atoms with E-state index >= 15 is 0 Å².